The zero-order chi connectivity index (χ0) is 17.7. The van der Waals surface area contributed by atoms with Crippen molar-refractivity contribution in [2.75, 3.05) is 6.54 Å². The molecular formula is C19H19N5OS. The molecule has 6 nitrogen and oxygen atoms in total. The maximum Gasteiger partial charge on any atom is 0.257 e. The number of likely N-dealkylation sites (tertiary alicyclic amines) is 1. The van der Waals surface area contributed by atoms with Gasteiger partial charge in [-0.2, -0.15) is 5.10 Å². The third-order valence-electron chi connectivity index (χ3n) is 5.52. The molecule has 1 amide bonds. The second-order valence-electron chi connectivity index (χ2n) is 7.07. The van der Waals surface area contributed by atoms with E-state index in [1.807, 2.05) is 35.4 Å². The van der Waals surface area contributed by atoms with Crippen LogP contribution in [0.3, 0.4) is 0 Å². The van der Waals surface area contributed by atoms with Gasteiger partial charge in [0, 0.05) is 18.8 Å². The number of rotatable bonds is 3. The standard InChI is InChI=1S/C19H19N5OS/c1-12-15(18(25)23-11-13-4-5-14(23)9-13)10-21-24(12)19-20-7-6-16(22-19)17-3-2-8-26-17/h2-3,6-8,10,13-14H,4-5,9,11H2,1H3. The van der Waals surface area contributed by atoms with Crippen molar-refractivity contribution in [2.24, 2.45) is 5.92 Å². The predicted octanol–water partition coefficient (Wildman–Crippen LogP) is 3.32. The van der Waals surface area contributed by atoms with Gasteiger partial charge in [0.05, 0.1) is 28.0 Å². The number of piperidine rings is 1. The number of carbonyl (C=O) groups is 1. The number of aromatic nitrogens is 4. The zero-order valence-corrected chi connectivity index (χ0v) is 15.3. The summed E-state index contributed by atoms with van der Waals surface area (Å²) >= 11 is 1.64. The van der Waals surface area contributed by atoms with Crippen LogP contribution < -0.4 is 0 Å². The van der Waals surface area contributed by atoms with E-state index in [9.17, 15) is 4.79 Å². The monoisotopic (exact) mass is 365 g/mol. The fourth-order valence-corrected chi connectivity index (χ4v) is 4.86. The summed E-state index contributed by atoms with van der Waals surface area (Å²) in [6, 6.07) is 6.33. The van der Waals surface area contributed by atoms with E-state index in [-0.39, 0.29) is 5.91 Å². The van der Waals surface area contributed by atoms with Crippen molar-refractivity contribution in [3.63, 3.8) is 0 Å². The SMILES string of the molecule is Cc1c(C(=O)N2CC3CCC2C3)cnn1-c1nccc(-c2cccs2)n1. The second kappa shape index (κ2) is 6.02. The summed E-state index contributed by atoms with van der Waals surface area (Å²) in [5, 5.41) is 6.44. The lowest BCUT2D eigenvalue weighted by molar-refractivity contribution is 0.0703. The first-order valence-electron chi connectivity index (χ1n) is 8.93. The highest BCUT2D eigenvalue weighted by molar-refractivity contribution is 7.13. The Morgan fingerprint density at radius 2 is 2.23 bits per heavy atom. The molecule has 0 N–H and O–H groups in total. The van der Waals surface area contributed by atoms with Gasteiger partial charge in [-0.15, -0.1) is 11.3 Å². The summed E-state index contributed by atoms with van der Waals surface area (Å²) in [6.45, 7) is 2.80. The molecule has 1 saturated carbocycles. The van der Waals surface area contributed by atoms with Gasteiger partial charge in [0.15, 0.2) is 0 Å². The molecule has 26 heavy (non-hydrogen) atoms. The molecule has 4 heterocycles. The minimum Gasteiger partial charge on any atom is -0.335 e. The summed E-state index contributed by atoms with van der Waals surface area (Å²) in [5.74, 6) is 1.27. The van der Waals surface area contributed by atoms with Gasteiger partial charge in [-0.1, -0.05) is 6.07 Å². The first kappa shape index (κ1) is 15.7. The Labute approximate surface area is 155 Å². The molecule has 5 rings (SSSR count). The van der Waals surface area contributed by atoms with E-state index in [2.05, 4.69) is 15.1 Å². The summed E-state index contributed by atoms with van der Waals surface area (Å²) in [6.07, 6.45) is 6.95. The van der Waals surface area contributed by atoms with E-state index < -0.39 is 0 Å². The number of thiophene rings is 1. The average Bonchev–Trinajstić information content (AvgIpc) is 3.45. The molecule has 2 fully saturated rings. The Balaban J connectivity index is 1.47. The molecule has 2 atom stereocenters. The number of hydrogen-bond acceptors (Lipinski definition) is 5. The molecule has 3 aromatic rings. The van der Waals surface area contributed by atoms with Crippen LogP contribution in [0.25, 0.3) is 16.5 Å². The Bertz CT molecular complexity index is 964. The Morgan fingerprint density at radius 1 is 1.31 bits per heavy atom. The minimum atomic E-state index is 0.0929. The summed E-state index contributed by atoms with van der Waals surface area (Å²) < 4.78 is 1.67. The van der Waals surface area contributed by atoms with Crippen molar-refractivity contribution in [1.29, 1.82) is 0 Å². The third-order valence-corrected chi connectivity index (χ3v) is 6.41. The van der Waals surface area contributed by atoms with Crippen LogP contribution in [-0.2, 0) is 0 Å². The van der Waals surface area contributed by atoms with Crippen LogP contribution in [0.4, 0.5) is 0 Å². The van der Waals surface area contributed by atoms with Gasteiger partial charge < -0.3 is 4.90 Å². The van der Waals surface area contributed by atoms with Gasteiger partial charge in [-0.25, -0.2) is 14.6 Å². The van der Waals surface area contributed by atoms with E-state index in [0.717, 1.165) is 35.7 Å². The predicted molar refractivity (Wildman–Crippen MR) is 99.4 cm³/mol. The summed E-state index contributed by atoms with van der Waals surface area (Å²) in [7, 11) is 0. The van der Waals surface area contributed by atoms with Crippen LogP contribution in [0.15, 0.2) is 36.0 Å². The zero-order valence-electron chi connectivity index (χ0n) is 14.5. The molecule has 1 saturated heterocycles. The van der Waals surface area contributed by atoms with Gasteiger partial charge in [-0.3, -0.25) is 4.79 Å². The van der Waals surface area contributed by atoms with E-state index in [0.29, 0.717) is 23.5 Å². The van der Waals surface area contributed by atoms with Crippen LogP contribution in [0.1, 0.15) is 35.3 Å². The van der Waals surface area contributed by atoms with E-state index in [4.69, 9.17) is 0 Å². The molecule has 3 aromatic heterocycles. The molecule has 132 valence electrons. The van der Waals surface area contributed by atoms with Crippen LogP contribution in [0.5, 0.6) is 0 Å². The van der Waals surface area contributed by atoms with Gasteiger partial charge in [-0.05, 0) is 49.6 Å². The summed E-state index contributed by atoms with van der Waals surface area (Å²) in [5.41, 5.74) is 2.31. The molecule has 2 aliphatic rings. The van der Waals surface area contributed by atoms with Crippen molar-refractivity contribution in [3.05, 3.63) is 47.2 Å². The first-order chi connectivity index (χ1) is 12.7. The molecule has 2 bridgehead atoms. The van der Waals surface area contributed by atoms with Crippen molar-refractivity contribution in [1.82, 2.24) is 24.6 Å². The van der Waals surface area contributed by atoms with Crippen LogP contribution in [-0.4, -0.2) is 43.1 Å². The quantitative estimate of drug-likeness (QED) is 0.714. The topological polar surface area (TPSA) is 63.9 Å². The third kappa shape index (κ3) is 2.46. The van der Waals surface area contributed by atoms with Crippen molar-refractivity contribution >= 4 is 17.2 Å². The first-order valence-corrected chi connectivity index (χ1v) is 9.81. The Morgan fingerprint density at radius 3 is 2.96 bits per heavy atom. The highest BCUT2D eigenvalue weighted by Gasteiger charge is 2.41. The van der Waals surface area contributed by atoms with Gasteiger partial charge in [0.1, 0.15) is 0 Å². The Kier molecular flexibility index (Phi) is 3.63. The number of nitrogens with zero attached hydrogens (tertiary/aromatic N) is 5. The van der Waals surface area contributed by atoms with Gasteiger partial charge >= 0.3 is 0 Å². The molecule has 1 aliphatic carbocycles. The molecule has 0 radical (unpaired) electrons. The van der Waals surface area contributed by atoms with Crippen LogP contribution >= 0.6 is 11.3 Å². The highest BCUT2D eigenvalue weighted by atomic mass is 32.1. The van der Waals surface area contributed by atoms with E-state index >= 15 is 0 Å². The maximum atomic E-state index is 13.0. The van der Waals surface area contributed by atoms with Crippen LogP contribution in [0, 0.1) is 12.8 Å². The number of hydrogen-bond donors (Lipinski definition) is 0. The molecule has 0 spiro atoms. The molecule has 0 aromatic carbocycles. The van der Waals surface area contributed by atoms with E-state index in [1.165, 1.54) is 6.42 Å². The number of fused-ring (bicyclic) bond motifs is 2. The summed E-state index contributed by atoms with van der Waals surface area (Å²) in [4.78, 5) is 25.1. The smallest absolute Gasteiger partial charge is 0.257 e. The fraction of sp³-hybridized carbons (Fsp3) is 0.368. The van der Waals surface area contributed by atoms with Gasteiger partial charge in [0.2, 0.25) is 0 Å². The second-order valence-corrected chi connectivity index (χ2v) is 8.01. The lowest BCUT2D eigenvalue weighted by atomic mass is 10.1. The maximum absolute atomic E-state index is 13.0. The number of carbonyl (C=O) groups excluding carboxylic acids is 1. The molecule has 1 aliphatic heterocycles. The highest BCUT2D eigenvalue weighted by Crippen LogP contribution is 2.38. The van der Waals surface area contributed by atoms with Crippen molar-refractivity contribution in [2.45, 2.75) is 32.2 Å². The molecule has 7 heteroatoms. The minimum absolute atomic E-state index is 0.0929. The normalized spacial score (nSPS) is 21.5. The molecular weight excluding hydrogens is 346 g/mol. The van der Waals surface area contributed by atoms with Crippen molar-refractivity contribution < 1.29 is 4.79 Å². The average molecular weight is 365 g/mol. The number of amides is 1. The van der Waals surface area contributed by atoms with Gasteiger partial charge in [0.25, 0.3) is 11.9 Å². The fourth-order valence-electron chi connectivity index (χ4n) is 4.16. The lowest BCUT2D eigenvalue weighted by Crippen LogP contribution is -2.37. The molecule has 2 unspecified atom stereocenters. The van der Waals surface area contributed by atoms with E-state index in [1.54, 1.807) is 28.4 Å². The largest absolute Gasteiger partial charge is 0.335 e. The van der Waals surface area contributed by atoms with Crippen molar-refractivity contribution in [3.8, 4) is 16.5 Å². The van der Waals surface area contributed by atoms with Crippen LogP contribution in [0.2, 0.25) is 0 Å². The Hall–Kier alpha value is -2.54. The lowest BCUT2D eigenvalue weighted by Gasteiger charge is -2.26.